The zero-order valence-electron chi connectivity index (χ0n) is 15.4. The van der Waals surface area contributed by atoms with E-state index in [9.17, 15) is 9.90 Å². The van der Waals surface area contributed by atoms with E-state index in [2.05, 4.69) is 10.2 Å². The summed E-state index contributed by atoms with van der Waals surface area (Å²) in [6.07, 6.45) is 12.0. The van der Waals surface area contributed by atoms with Crippen molar-refractivity contribution >= 4 is 17.7 Å². The summed E-state index contributed by atoms with van der Waals surface area (Å²) in [4.78, 5) is 14.7. The van der Waals surface area contributed by atoms with Gasteiger partial charge in [-0.2, -0.15) is 0 Å². The Morgan fingerprint density at radius 2 is 1.80 bits per heavy atom. The highest BCUT2D eigenvalue weighted by Gasteiger charge is 2.51. The first-order valence-corrected chi connectivity index (χ1v) is 11.4. The van der Waals surface area contributed by atoms with Crippen molar-refractivity contribution in [2.24, 2.45) is 17.8 Å². The van der Waals surface area contributed by atoms with Crippen molar-refractivity contribution in [3.63, 3.8) is 0 Å². The van der Waals surface area contributed by atoms with Gasteiger partial charge in [0, 0.05) is 23.9 Å². The third-order valence-electron chi connectivity index (χ3n) is 7.17. The average molecular weight is 367 g/mol. The molecule has 4 nitrogen and oxygen atoms in total. The SMILES string of the molecule is O=C(CSC12CC3CC(CC(C3)C1)C2)NCCN1CCCC[C@H]1CO. The maximum atomic E-state index is 12.3. The second-order valence-electron chi connectivity index (χ2n) is 9.11. The quantitative estimate of drug-likeness (QED) is 0.727. The maximum Gasteiger partial charge on any atom is 0.230 e. The lowest BCUT2D eigenvalue weighted by Gasteiger charge is -2.56. The van der Waals surface area contributed by atoms with E-state index in [1.54, 1.807) is 0 Å². The van der Waals surface area contributed by atoms with Crippen molar-refractivity contribution < 1.29 is 9.90 Å². The van der Waals surface area contributed by atoms with Crippen LogP contribution in [0.15, 0.2) is 0 Å². The molecule has 25 heavy (non-hydrogen) atoms. The summed E-state index contributed by atoms with van der Waals surface area (Å²) in [6, 6.07) is 0.298. The smallest absolute Gasteiger partial charge is 0.230 e. The first-order chi connectivity index (χ1) is 12.2. The van der Waals surface area contributed by atoms with Gasteiger partial charge in [0.25, 0.3) is 0 Å². The predicted molar refractivity (Wildman–Crippen MR) is 103 cm³/mol. The normalized spacial score (nSPS) is 40.4. The summed E-state index contributed by atoms with van der Waals surface area (Å²) >= 11 is 1.97. The van der Waals surface area contributed by atoms with Crippen LogP contribution >= 0.6 is 11.8 Å². The van der Waals surface area contributed by atoms with E-state index in [0.717, 1.165) is 43.8 Å². The van der Waals surface area contributed by atoms with Crippen LogP contribution in [0.1, 0.15) is 57.8 Å². The number of amides is 1. The Hall–Kier alpha value is -0.260. The molecule has 5 rings (SSSR count). The average Bonchev–Trinajstić information content (AvgIpc) is 2.59. The minimum absolute atomic E-state index is 0.207. The van der Waals surface area contributed by atoms with E-state index in [4.69, 9.17) is 0 Å². The molecule has 4 aliphatic carbocycles. The molecule has 1 amide bonds. The molecule has 1 atom stereocenters. The van der Waals surface area contributed by atoms with Crippen LogP contribution in [-0.2, 0) is 4.79 Å². The fraction of sp³-hybridized carbons (Fsp3) is 0.950. The van der Waals surface area contributed by atoms with Gasteiger partial charge >= 0.3 is 0 Å². The fourth-order valence-corrected chi connectivity index (χ4v) is 7.98. The maximum absolute atomic E-state index is 12.3. The number of likely N-dealkylation sites (tertiary alicyclic amines) is 1. The van der Waals surface area contributed by atoms with Crippen LogP contribution in [0.4, 0.5) is 0 Å². The molecule has 4 saturated carbocycles. The number of piperidine rings is 1. The van der Waals surface area contributed by atoms with Crippen molar-refractivity contribution in [1.29, 1.82) is 0 Å². The second-order valence-corrected chi connectivity index (χ2v) is 10.6. The Morgan fingerprint density at radius 3 is 2.44 bits per heavy atom. The molecule has 2 N–H and O–H groups in total. The molecule has 1 aliphatic heterocycles. The largest absolute Gasteiger partial charge is 0.395 e. The van der Waals surface area contributed by atoms with Crippen LogP contribution < -0.4 is 5.32 Å². The lowest BCUT2D eigenvalue weighted by molar-refractivity contribution is -0.118. The Labute approximate surface area is 156 Å². The van der Waals surface area contributed by atoms with Crippen LogP contribution in [0.3, 0.4) is 0 Å². The Bertz CT molecular complexity index is 449. The van der Waals surface area contributed by atoms with E-state index in [1.165, 1.54) is 51.4 Å². The highest BCUT2D eigenvalue weighted by Crippen LogP contribution is 2.60. The number of aliphatic hydroxyl groups is 1. The van der Waals surface area contributed by atoms with E-state index in [0.29, 0.717) is 16.5 Å². The monoisotopic (exact) mass is 366 g/mol. The number of thioether (sulfide) groups is 1. The summed E-state index contributed by atoms with van der Waals surface area (Å²) in [6.45, 7) is 2.90. The molecule has 1 heterocycles. The number of nitrogens with zero attached hydrogens (tertiary/aromatic N) is 1. The van der Waals surface area contributed by atoms with E-state index in [1.807, 2.05) is 11.8 Å². The van der Waals surface area contributed by atoms with Gasteiger partial charge in [0.05, 0.1) is 12.4 Å². The van der Waals surface area contributed by atoms with Crippen LogP contribution in [-0.4, -0.2) is 58.7 Å². The van der Waals surface area contributed by atoms with Gasteiger partial charge in [-0.15, -0.1) is 11.8 Å². The van der Waals surface area contributed by atoms with Gasteiger partial charge in [-0.25, -0.2) is 0 Å². The van der Waals surface area contributed by atoms with Crippen molar-refractivity contribution in [2.45, 2.75) is 68.6 Å². The van der Waals surface area contributed by atoms with Crippen molar-refractivity contribution in [2.75, 3.05) is 32.0 Å². The van der Waals surface area contributed by atoms with Gasteiger partial charge < -0.3 is 10.4 Å². The second kappa shape index (κ2) is 7.77. The molecule has 0 aromatic rings. The van der Waals surface area contributed by atoms with Crippen LogP contribution in [0.2, 0.25) is 0 Å². The van der Waals surface area contributed by atoms with Gasteiger partial charge in [-0.3, -0.25) is 9.69 Å². The first-order valence-electron chi connectivity index (χ1n) is 10.4. The number of nitrogens with one attached hydrogen (secondary N) is 1. The van der Waals surface area contributed by atoms with Crippen LogP contribution in [0.5, 0.6) is 0 Å². The molecule has 0 radical (unpaired) electrons. The summed E-state index contributed by atoms with van der Waals surface area (Å²) in [5.74, 6) is 3.71. The zero-order chi connectivity index (χ0) is 17.3. The minimum Gasteiger partial charge on any atom is -0.395 e. The molecule has 0 aromatic heterocycles. The fourth-order valence-electron chi connectivity index (χ4n) is 6.38. The summed E-state index contributed by atoms with van der Waals surface area (Å²) < 4.78 is 0.431. The number of rotatable bonds is 7. The van der Waals surface area contributed by atoms with Crippen LogP contribution in [0, 0.1) is 17.8 Å². The van der Waals surface area contributed by atoms with E-state index < -0.39 is 0 Å². The number of aliphatic hydroxyl groups excluding tert-OH is 1. The Kier molecular flexibility index (Phi) is 5.63. The number of carbonyl (C=O) groups is 1. The standard InChI is InChI=1S/C20H34N2O2S/c23-13-18-3-1-2-5-22(18)6-4-21-19(24)14-25-20-10-15-7-16(11-20)9-17(8-15)12-20/h15-18,23H,1-14H2,(H,21,24)/t15?,16?,17?,18-,20?/m0/s1. The van der Waals surface area contributed by atoms with Gasteiger partial charge in [-0.05, 0) is 75.7 Å². The summed E-state index contributed by atoms with van der Waals surface area (Å²) in [7, 11) is 0. The van der Waals surface area contributed by atoms with Gasteiger partial charge in [-0.1, -0.05) is 6.42 Å². The molecule has 0 aromatic carbocycles. The number of carbonyl (C=O) groups excluding carboxylic acids is 1. The molecule has 1 saturated heterocycles. The van der Waals surface area contributed by atoms with Gasteiger partial charge in [0.15, 0.2) is 0 Å². The molecule has 5 fully saturated rings. The van der Waals surface area contributed by atoms with Crippen molar-refractivity contribution in [3.05, 3.63) is 0 Å². The molecular weight excluding hydrogens is 332 g/mol. The zero-order valence-corrected chi connectivity index (χ0v) is 16.2. The molecule has 5 heteroatoms. The minimum atomic E-state index is 0.207. The third-order valence-corrected chi connectivity index (χ3v) is 8.69. The molecule has 142 valence electrons. The molecular formula is C20H34N2O2S. The van der Waals surface area contributed by atoms with Crippen molar-refractivity contribution in [1.82, 2.24) is 10.2 Å². The van der Waals surface area contributed by atoms with Crippen LogP contribution in [0.25, 0.3) is 0 Å². The number of hydrogen-bond acceptors (Lipinski definition) is 4. The topological polar surface area (TPSA) is 52.6 Å². The molecule has 0 spiro atoms. The Balaban J connectivity index is 1.18. The summed E-state index contributed by atoms with van der Waals surface area (Å²) in [5.41, 5.74) is 0. The van der Waals surface area contributed by atoms with Gasteiger partial charge in [0.2, 0.25) is 5.91 Å². The Morgan fingerprint density at radius 1 is 1.12 bits per heavy atom. The van der Waals surface area contributed by atoms with Crippen molar-refractivity contribution in [3.8, 4) is 0 Å². The third kappa shape index (κ3) is 4.19. The van der Waals surface area contributed by atoms with E-state index >= 15 is 0 Å². The molecule has 0 unspecified atom stereocenters. The van der Waals surface area contributed by atoms with Gasteiger partial charge in [0.1, 0.15) is 0 Å². The predicted octanol–water partition coefficient (Wildman–Crippen LogP) is 2.65. The molecule has 4 bridgehead atoms. The molecule has 5 aliphatic rings. The number of hydrogen-bond donors (Lipinski definition) is 2. The highest BCUT2D eigenvalue weighted by molar-refractivity contribution is 8.01. The first kappa shape index (κ1) is 18.1. The summed E-state index contributed by atoms with van der Waals surface area (Å²) in [5, 5.41) is 12.6. The lowest BCUT2D eigenvalue weighted by atomic mass is 9.56. The highest BCUT2D eigenvalue weighted by atomic mass is 32.2. The van der Waals surface area contributed by atoms with E-state index in [-0.39, 0.29) is 12.5 Å². The lowest BCUT2D eigenvalue weighted by Crippen LogP contribution is -2.49.